The maximum atomic E-state index is 3.42. The number of benzene rings is 4. The maximum absolute atomic E-state index is 3.42. The van der Waals surface area contributed by atoms with Crippen molar-refractivity contribution in [3.05, 3.63) is 238 Å². The molecule has 0 saturated carbocycles. The molecule has 49 heavy (non-hydrogen) atoms. The molecule has 4 aromatic carbocycles. The second-order valence-corrected chi connectivity index (χ2v) is 10.4. The molecule has 8 aromatic rings. The number of fused-ring (bicyclic) bond motifs is 8. The normalized spacial score (nSPS) is 10.1. The van der Waals surface area contributed by atoms with E-state index in [4.69, 9.17) is 0 Å². The Morgan fingerprint density at radius 1 is 0.265 bits per heavy atom. The van der Waals surface area contributed by atoms with Gasteiger partial charge in [0.15, 0.2) is 0 Å². The van der Waals surface area contributed by atoms with Crippen LogP contribution < -0.4 is 21.4 Å². The number of nitrogens with one attached hydrogen (secondary N) is 4. The number of aromatic nitrogens is 4. The fourth-order valence-electron chi connectivity index (χ4n) is 4.43. The summed E-state index contributed by atoms with van der Waals surface area (Å²) in [4.78, 5) is 13.7. The van der Waals surface area contributed by atoms with Crippen LogP contribution in [0.25, 0.3) is 24.3 Å². The maximum Gasteiger partial charge on any atom is 0.0405 e. The first-order valence-electron chi connectivity index (χ1n) is 15.6. The van der Waals surface area contributed by atoms with E-state index in [0.717, 1.165) is 44.2 Å². The zero-order valence-corrected chi connectivity index (χ0v) is 27.8. The monoisotopic (exact) mass is 679 g/mol. The molecule has 5 heteroatoms. The minimum absolute atomic E-state index is 0. The molecule has 1 aliphatic heterocycles. The standard InChI is InChI=1S/C20H16N4.4C6H5.Co/c1-2-14-10-16-5-6-18(23-16)12-20-8-7-19(24-20)11-17-4-3-15(22-17)9-13(1)21-14;4*1-2-4-6-5-3-1;/h1-12,21-24H;4*1-5H;/q;4*-1;. The molecule has 1 aliphatic rings. The van der Waals surface area contributed by atoms with Crippen molar-refractivity contribution >= 4 is 24.3 Å². The average molecular weight is 680 g/mol. The average Bonchev–Trinajstić information content (AvgIpc) is 4.00. The molecule has 0 unspecified atom stereocenters. The van der Waals surface area contributed by atoms with Gasteiger partial charge in [0, 0.05) is 61.0 Å². The molecule has 8 bridgehead atoms. The van der Waals surface area contributed by atoms with Crippen LogP contribution in [0.2, 0.25) is 0 Å². The molecule has 0 amide bonds. The van der Waals surface area contributed by atoms with Crippen LogP contribution in [-0.2, 0) is 16.8 Å². The summed E-state index contributed by atoms with van der Waals surface area (Å²) in [6.07, 6.45) is 8.42. The SMILES string of the molecule is C1=c2ccc([nH]2)=Cc2ccc([nH]2)C=c2ccc([nH]2)=Cc2ccc1[nH]2.[Co].[c-]1ccccc1.[c-]1ccccc1.[c-]1ccccc1.[c-]1ccccc1. The third-order valence-corrected chi connectivity index (χ3v) is 6.60. The van der Waals surface area contributed by atoms with Crippen LogP contribution in [0.1, 0.15) is 22.8 Å². The van der Waals surface area contributed by atoms with Gasteiger partial charge in [0.2, 0.25) is 0 Å². The largest absolute Gasteiger partial charge is 0.355 e. The van der Waals surface area contributed by atoms with E-state index in [0.29, 0.717) is 0 Å². The van der Waals surface area contributed by atoms with E-state index in [-0.39, 0.29) is 16.8 Å². The van der Waals surface area contributed by atoms with Crippen LogP contribution in [0, 0.1) is 24.3 Å². The zero-order chi connectivity index (χ0) is 32.9. The molecular weight excluding hydrogens is 643 g/mol. The summed E-state index contributed by atoms with van der Waals surface area (Å²) in [6, 6.07) is 66.7. The molecule has 4 nitrogen and oxygen atoms in total. The van der Waals surface area contributed by atoms with Gasteiger partial charge >= 0.3 is 0 Å². The Balaban J connectivity index is 0.000000175. The van der Waals surface area contributed by atoms with Crippen LogP contribution in [0.4, 0.5) is 0 Å². The minimum Gasteiger partial charge on any atom is -0.355 e. The molecule has 5 heterocycles. The van der Waals surface area contributed by atoms with E-state index in [1.807, 2.05) is 121 Å². The third kappa shape index (κ3) is 13.7. The first kappa shape index (κ1) is 35.8. The van der Waals surface area contributed by atoms with Gasteiger partial charge in [0.25, 0.3) is 0 Å². The second kappa shape index (κ2) is 21.0. The van der Waals surface area contributed by atoms with E-state index in [1.165, 1.54) is 0 Å². The molecule has 9 rings (SSSR count). The van der Waals surface area contributed by atoms with Gasteiger partial charge in [-0.2, -0.15) is 146 Å². The van der Waals surface area contributed by atoms with Crippen LogP contribution in [0.15, 0.2) is 170 Å². The summed E-state index contributed by atoms with van der Waals surface area (Å²) in [5.41, 5.74) is 4.29. The van der Waals surface area contributed by atoms with Crippen molar-refractivity contribution in [3.8, 4) is 0 Å². The quantitative estimate of drug-likeness (QED) is 0.131. The van der Waals surface area contributed by atoms with Crippen molar-refractivity contribution in [1.29, 1.82) is 0 Å². The summed E-state index contributed by atoms with van der Waals surface area (Å²) in [7, 11) is 0. The zero-order valence-electron chi connectivity index (χ0n) is 26.8. The summed E-state index contributed by atoms with van der Waals surface area (Å²) < 4.78 is 0. The fraction of sp³-hybridized carbons (Fsp3) is 0. The second-order valence-electron chi connectivity index (χ2n) is 10.4. The third-order valence-electron chi connectivity index (χ3n) is 6.60. The number of hydrogen-bond acceptors (Lipinski definition) is 0. The van der Waals surface area contributed by atoms with Gasteiger partial charge in [0.1, 0.15) is 0 Å². The van der Waals surface area contributed by atoms with Gasteiger partial charge in [-0.3, -0.25) is 0 Å². The predicted molar refractivity (Wildman–Crippen MR) is 197 cm³/mol. The first-order chi connectivity index (χ1) is 23.8. The van der Waals surface area contributed by atoms with Crippen molar-refractivity contribution in [1.82, 2.24) is 19.9 Å². The topological polar surface area (TPSA) is 63.2 Å². The van der Waals surface area contributed by atoms with Crippen molar-refractivity contribution in [2.75, 3.05) is 0 Å². The number of H-pyrrole nitrogens is 4. The van der Waals surface area contributed by atoms with Crippen LogP contribution in [0.5, 0.6) is 0 Å². The summed E-state index contributed by atoms with van der Waals surface area (Å²) in [5.74, 6) is 0. The molecule has 4 aromatic heterocycles. The Hall–Kier alpha value is -6.01. The van der Waals surface area contributed by atoms with Gasteiger partial charge in [-0.05, 0) is 72.8 Å². The predicted octanol–water partition coefficient (Wildman–Crippen LogP) is 6.57. The Morgan fingerprint density at radius 2 is 0.490 bits per heavy atom. The van der Waals surface area contributed by atoms with Gasteiger partial charge in [-0.15, -0.1) is 0 Å². The van der Waals surface area contributed by atoms with Crippen molar-refractivity contribution in [3.63, 3.8) is 0 Å². The smallest absolute Gasteiger partial charge is 0.0405 e. The molecule has 0 saturated heterocycles. The van der Waals surface area contributed by atoms with Gasteiger partial charge in [0.05, 0.1) is 0 Å². The van der Waals surface area contributed by atoms with Crippen LogP contribution in [-0.4, -0.2) is 19.9 Å². The van der Waals surface area contributed by atoms with Crippen LogP contribution in [0.3, 0.4) is 0 Å². The van der Waals surface area contributed by atoms with Gasteiger partial charge in [-0.25, -0.2) is 0 Å². The van der Waals surface area contributed by atoms with Gasteiger partial charge < -0.3 is 19.9 Å². The number of hydrogen-bond donors (Lipinski definition) is 4. The molecule has 0 spiro atoms. The molecule has 0 fully saturated rings. The fourth-order valence-corrected chi connectivity index (χ4v) is 4.43. The summed E-state index contributed by atoms with van der Waals surface area (Å²) >= 11 is 0. The Kier molecular flexibility index (Phi) is 15.3. The molecule has 4 N–H and O–H groups in total. The van der Waals surface area contributed by atoms with E-state index in [1.54, 1.807) is 0 Å². The molecule has 1 radical (unpaired) electrons. The van der Waals surface area contributed by atoms with Crippen molar-refractivity contribution in [2.45, 2.75) is 0 Å². The Labute approximate surface area is 298 Å². The first-order valence-corrected chi connectivity index (χ1v) is 15.6. The summed E-state index contributed by atoms with van der Waals surface area (Å²) in [5, 5.41) is 4.29. The van der Waals surface area contributed by atoms with Crippen molar-refractivity contribution in [2.24, 2.45) is 0 Å². The Bertz CT molecular complexity index is 1810. The van der Waals surface area contributed by atoms with Crippen LogP contribution >= 0.6 is 0 Å². The van der Waals surface area contributed by atoms with E-state index in [2.05, 4.69) is 117 Å². The number of aromatic amines is 4. The van der Waals surface area contributed by atoms with Crippen molar-refractivity contribution < 1.29 is 16.8 Å². The Morgan fingerprint density at radius 3 is 0.653 bits per heavy atom. The molecule has 0 atom stereocenters. The minimum atomic E-state index is 0. The van der Waals surface area contributed by atoms with E-state index < -0.39 is 0 Å². The molecule has 0 aliphatic carbocycles. The number of rotatable bonds is 0. The summed E-state index contributed by atoms with van der Waals surface area (Å²) in [6.45, 7) is 0. The van der Waals surface area contributed by atoms with E-state index >= 15 is 0 Å². The molecular formula is C44H36CoN4-4. The molecule has 245 valence electrons. The van der Waals surface area contributed by atoms with Gasteiger partial charge in [-0.1, -0.05) is 0 Å². The van der Waals surface area contributed by atoms with E-state index in [9.17, 15) is 0 Å².